The molecule has 3 amide bonds. The molecule has 0 saturated carbocycles. The SMILES string of the molecule is O=C(Nc1cc(-c2cnc3nc[nH]c3c2)c2c3c1C(c1cc(F)ccc1Cl)NC(=O)N3CC2)c1cc(F)cc(C(F)(F)F)c1. The summed E-state index contributed by atoms with van der Waals surface area (Å²) in [7, 11) is 0. The summed E-state index contributed by atoms with van der Waals surface area (Å²) in [6.07, 6.45) is -1.43. The maximum atomic E-state index is 14.4. The molecular weight excluding hydrogens is 607 g/mol. The number of anilines is 2. The first kappa shape index (κ1) is 27.8. The normalized spacial score (nSPS) is 15.8. The van der Waals surface area contributed by atoms with E-state index < -0.39 is 46.9 Å². The molecule has 1 atom stereocenters. The number of nitrogens with zero attached hydrogens (tertiary/aromatic N) is 3. The summed E-state index contributed by atoms with van der Waals surface area (Å²) in [4.78, 5) is 39.8. The van der Waals surface area contributed by atoms with Gasteiger partial charge in [-0.25, -0.2) is 23.5 Å². The van der Waals surface area contributed by atoms with Crippen LogP contribution in [0.25, 0.3) is 22.3 Å². The fraction of sp³-hybridized carbons (Fsp3) is 0.133. The Morgan fingerprint density at radius 3 is 2.66 bits per heavy atom. The van der Waals surface area contributed by atoms with E-state index in [-0.39, 0.29) is 22.8 Å². The Kier molecular flexibility index (Phi) is 6.32. The van der Waals surface area contributed by atoms with Crippen LogP contribution >= 0.6 is 11.6 Å². The number of benzene rings is 3. The summed E-state index contributed by atoms with van der Waals surface area (Å²) in [5, 5.41) is 5.57. The van der Waals surface area contributed by atoms with Gasteiger partial charge in [0.05, 0.1) is 29.1 Å². The van der Waals surface area contributed by atoms with Gasteiger partial charge in [-0.15, -0.1) is 0 Å². The van der Waals surface area contributed by atoms with Gasteiger partial charge in [0.15, 0.2) is 5.65 Å². The van der Waals surface area contributed by atoms with Crippen molar-refractivity contribution in [2.24, 2.45) is 0 Å². The number of aromatic amines is 1. The highest BCUT2D eigenvalue weighted by Gasteiger charge is 2.41. The Labute approximate surface area is 249 Å². The molecule has 14 heteroatoms. The molecule has 0 radical (unpaired) electrons. The van der Waals surface area contributed by atoms with Crippen LogP contribution in [0.1, 0.15) is 38.7 Å². The number of fused-ring (bicyclic) bond motifs is 1. The number of nitrogens with one attached hydrogen (secondary N) is 3. The lowest BCUT2D eigenvalue weighted by Crippen LogP contribution is -2.46. The third-order valence-electron chi connectivity index (χ3n) is 7.69. The number of carbonyl (C=O) groups excluding carboxylic acids is 2. The number of rotatable bonds is 4. The Bertz CT molecular complexity index is 2030. The summed E-state index contributed by atoms with van der Waals surface area (Å²) in [6, 6.07) is 7.02. The van der Waals surface area contributed by atoms with E-state index in [1.807, 2.05) is 0 Å². The van der Waals surface area contributed by atoms with Crippen LogP contribution in [0.5, 0.6) is 0 Å². The highest BCUT2D eigenvalue weighted by molar-refractivity contribution is 6.31. The largest absolute Gasteiger partial charge is 0.416 e. The van der Waals surface area contributed by atoms with Gasteiger partial charge in [0.2, 0.25) is 0 Å². The number of carbonyl (C=O) groups is 2. The second-order valence-corrected chi connectivity index (χ2v) is 10.7. The van der Waals surface area contributed by atoms with E-state index in [9.17, 15) is 31.5 Å². The molecule has 2 aliphatic heterocycles. The number of alkyl halides is 3. The Morgan fingerprint density at radius 1 is 1.05 bits per heavy atom. The van der Waals surface area contributed by atoms with Crippen LogP contribution in [-0.2, 0) is 12.6 Å². The lowest BCUT2D eigenvalue weighted by atomic mass is 9.87. The topological polar surface area (TPSA) is 103 Å². The van der Waals surface area contributed by atoms with Crippen molar-refractivity contribution < 1.29 is 31.5 Å². The average molecular weight is 625 g/mol. The monoisotopic (exact) mass is 624 g/mol. The standard InChI is InChI=1S/C30H18ClF5N6O2/c31-21-2-1-16(32)9-20(21)25-24-22(40-28(43)13-5-15(30(34,35)36)8-17(33)6-13)10-19(14-7-23-27(37-11-14)39-12-38-23)18-3-4-42(26(18)24)29(44)41-25/h1-2,5-12,25H,3-4H2,(H,40,43)(H,41,44)(H,37,38,39). The second-order valence-electron chi connectivity index (χ2n) is 10.3. The van der Waals surface area contributed by atoms with Crippen molar-refractivity contribution in [3.8, 4) is 11.1 Å². The quantitative estimate of drug-likeness (QED) is 0.187. The molecule has 3 N–H and O–H groups in total. The number of halogens is 6. The van der Waals surface area contributed by atoms with Crippen molar-refractivity contribution in [2.45, 2.75) is 18.6 Å². The zero-order valence-corrected chi connectivity index (χ0v) is 22.9. The van der Waals surface area contributed by atoms with E-state index in [0.717, 1.165) is 17.7 Å². The molecule has 2 aliphatic rings. The van der Waals surface area contributed by atoms with Gasteiger partial charge in [-0.1, -0.05) is 11.6 Å². The predicted molar refractivity (Wildman–Crippen MR) is 152 cm³/mol. The van der Waals surface area contributed by atoms with Crippen LogP contribution < -0.4 is 15.5 Å². The predicted octanol–water partition coefficient (Wildman–Crippen LogP) is 7.00. The minimum Gasteiger partial charge on any atom is -0.343 e. The smallest absolute Gasteiger partial charge is 0.343 e. The van der Waals surface area contributed by atoms with E-state index in [0.29, 0.717) is 58.2 Å². The third kappa shape index (κ3) is 4.60. The van der Waals surface area contributed by atoms with Crippen molar-refractivity contribution >= 4 is 46.1 Å². The minimum absolute atomic E-state index is 0.0866. The zero-order valence-electron chi connectivity index (χ0n) is 22.2. The molecule has 3 aromatic carbocycles. The van der Waals surface area contributed by atoms with E-state index in [4.69, 9.17) is 11.6 Å². The van der Waals surface area contributed by atoms with E-state index in [1.165, 1.54) is 17.3 Å². The number of amides is 3. The molecule has 5 aromatic rings. The Hall–Kier alpha value is -5.04. The average Bonchev–Trinajstić information content (AvgIpc) is 3.64. The van der Waals surface area contributed by atoms with Crippen LogP contribution in [0.3, 0.4) is 0 Å². The van der Waals surface area contributed by atoms with Gasteiger partial charge in [0, 0.05) is 45.7 Å². The lowest BCUT2D eigenvalue weighted by Gasteiger charge is -2.35. The lowest BCUT2D eigenvalue weighted by molar-refractivity contribution is -0.137. The summed E-state index contributed by atoms with van der Waals surface area (Å²) in [5.41, 5.74) is 2.15. The third-order valence-corrected chi connectivity index (χ3v) is 8.04. The maximum absolute atomic E-state index is 14.4. The number of pyridine rings is 1. The van der Waals surface area contributed by atoms with Gasteiger partial charge in [-0.2, -0.15) is 13.2 Å². The van der Waals surface area contributed by atoms with E-state index >= 15 is 0 Å². The Balaban J connectivity index is 1.45. The molecule has 0 saturated heterocycles. The molecule has 2 aromatic heterocycles. The maximum Gasteiger partial charge on any atom is 0.416 e. The fourth-order valence-electron chi connectivity index (χ4n) is 5.78. The van der Waals surface area contributed by atoms with Crippen LogP contribution in [0.15, 0.2) is 61.1 Å². The first-order valence-corrected chi connectivity index (χ1v) is 13.6. The molecule has 0 fully saturated rings. The van der Waals surface area contributed by atoms with Crippen molar-refractivity contribution in [1.29, 1.82) is 0 Å². The molecule has 4 heterocycles. The van der Waals surface area contributed by atoms with Gasteiger partial charge >= 0.3 is 12.2 Å². The van der Waals surface area contributed by atoms with Crippen molar-refractivity contribution in [1.82, 2.24) is 20.3 Å². The summed E-state index contributed by atoms with van der Waals surface area (Å²) in [5.74, 6) is -2.91. The molecule has 222 valence electrons. The van der Waals surface area contributed by atoms with Crippen LogP contribution in [0, 0.1) is 11.6 Å². The molecule has 1 unspecified atom stereocenters. The van der Waals surface area contributed by atoms with Crippen molar-refractivity contribution in [3.05, 3.63) is 106 Å². The van der Waals surface area contributed by atoms with Crippen LogP contribution in [0.2, 0.25) is 5.02 Å². The first-order valence-electron chi connectivity index (χ1n) is 13.2. The number of H-pyrrole nitrogens is 1. The van der Waals surface area contributed by atoms with E-state index in [1.54, 1.807) is 18.3 Å². The highest BCUT2D eigenvalue weighted by Crippen LogP contribution is 2.50. The van der Waals surface area contributed by atoms with E-state index in [2.05, 4.69) is 25.6 Å². The van der Waals surface area contributed by atoms with Gasteiger partial charge < -0.3 is 15.6 Å². The van der Waals surface area contributed by atoms with Gasteiger partial charge in [-0.05, 0) is 66.1 Å². The number of imidazole rings is 1. The molecule has 7 rings (SSSR count). The summed E-state index contributed by atoms with van der Waals surface area (Å²) < 4.78 is 69.0. The molecule has 0 aliphatic carbocycles. The van der Waals surface area contributed by atoms with Crippen LogP contribution in [-0.4, -0.2) is 33.4 Å². The second kappa shape index (κ2) is 10.0. The summed E-state index contributed by atoms with van der Waals surface area (Å²) in [6.45, 7) is 0.279. The molecule has 8 nitrogen and oxygen atoms in total. The number of aromatic nitrogens is 3. The number of hydrogen-bond donors (Lipinski definition) is 3. The number of hydrogen-bond acceptors (Lipinski definition) is 4. The van der Waals surface area contributed by atoms with Crippen molar-refractivity contribution in [2.75, 3.05) is 16.8 Å². The fourth-order valence-corrected chi connectivity index (χ4v) is 6.01. The molecule has 44 heavy (non-hydrogen) atoms. The molecule has 0 spiro atoms. The van der Waals surface area contributed by atoms with Gasteiger partial charge in [0.25, 0.3) is 5.91 Å². The molecule has 0 bridgehead atoms. The highest BCUT2D eigenvalue weighted by atomic mass is 35.5. The van der Waals surface area contributed by atoms with Crippen LogP contribution in [0.4, 0.5) is 38.1 Å². The Morgan fingerprint density at radius 2 is 1.86 bits per heavy atom. The number of urea groups is 1. The zero-order chi connectivity index (χ0) is 30.9. The first-order chi connectivity index (χ1) is 21.0. The molecular formula is C30H18ClF5N6O2. The summed E-state index contributed by atoms with van der Waals surface area (Å²) >= 11 is 6.45. The van der Waals surface area contributed by atoms with Gasteiger partial charge in [0.1, 0.15) is 11.6 Å². The van der Waals surface area contributed by atoms with Crippen molar-refractivity contribution in [3.63, 3.8) is 0 Å². The minimum atomic E-state index is -4.90. The van der Waals surface area contributed by atoms with Gasteiger partial charge in [-0.3, -0.25) is 9.69 Å².